The van der Waals surface area contributed by atoms with Gasteiger partial charge in [0.25, 0.3) is 10.1 Å². The maximum Gasteiger partial charge on any atom is 0.297 e. The highest BCUT2D eigenvalue weighted by Gasteiger charge is 2.34. The normalized spacial score (nSPS) is 14.5. The second kappa shape index (κ2) is 28.9. The zero-order chi connectivity index (χ0) is 58.5. The van der Waals surface area contributed by atoms with Gasteiger partial charge >= 0.3 is 0 Å². The quantitative estimate of drug-likeness (QED) is 0.0360. The molecular formula is C57H66Cl2N10O10S3. The summed E-state index contributed by atoms with van der Waals surface area (Å²) in [6.45, 7) is 17.0. The molecule has 0 spiro atoms. The Morgan fingerprint density at radius 3 is 1.39 bits per heavy atom. The fraction of sp³-hybridized carbons (Fsp3) is 0.404. The highest BCUT2D eigenvalue weighted by atomic mass is 35.5. The largest absolute Gasteiger partial charge is 0.394 e. The number of ether oxygens (including phenoxy) is 4. The lowest BCUT2D eigenvalue weighted by Crippen LogP contribution is -2.29. The number of rotatable bonds is 25. The smallest absolute Gasteiger partial charge is 0.297 e. The van der Waals surface area contributed by atoms with Gasteiger partial charge in [0.1, 0.15) is 33.7 Å². The van der Waals surface area contributed by atoms with Gasteiger partial charge in [-0.1, -0.05) is 65.2 Å². The lowest BCUT2D eigenvalue weighted by atomic mass is 9.99. The Morgan fingerprint density at radius 2 is 0.963 bits per heavy atom. The van der Waals surface area contributed by atoms with E-state index in [0.29, 0.717) is 54.6 Å². The molecule has 0 unspecified atom stereocenters. The molecule has 4 aromatic heterocycles. The van der Waals surface area contributed by atoms with Crippen LogP contribution in [0.2, 0.25) is 10.0 Å². The monoisotopic (exact) mass is 1220 g/mol. The molecule has 3 aromatic carbocycles. The van der Waals surface area contributed by atoms with Crippen LogP contribution in [0, 0.1) is 48.5 Å². The summed E-state index contributed by atoms with van der Waals surface area (Å²) in [5.41, 5.74) is 8.71. The number of nitrogens with zero attached hydrogens (tertiary/aromatic N) is 8. The van der Waals surface area contributed by atoms with Crippen molar-refractivity contribution in [1.82, 2.24) is 40.2 Å². The van der Waals surface area contributed by atoms with Gasteiger partial charge in [-0.3, -0.25) is 32.9 Å². The Bertz CT molecular complexity index is 3510. The lowest BCUT2D eigenvalue weighted by Gasteiger charge is -2.13. The summed E-state index contributed by atoms with van der Waals surface area (Å²) in [7, 11) is -3.82. The first-order valence-electron chi connectivity index (χ1n) is 26.6. The first-order valence-corrected chi connectivity index (χ1v) is 30.4. The molecule has 0 radical (unpaired) electrons. The predicted molar refractivity (Wildman–Crippen MR) is 316 cm³/mol. The van der Waals surface area contributed by atoms with Crippen LogP contribution in [-0.2, 0) is 42.8 Å². The van der Waals surface area contributed by atoms with Gasteiger partial charge in [0.15, 0.2) is 11.6 Å². The Hall–Kier alpha value is -6.09. The highest BCUT2D eigenvalue weighted by Crippen LogP contribution is 2.41. The van der Waals surface area contributed by atoms with Gasteiger partial charge in [0, 0.05) is 55.1 Å². The van der Waals surface area contributed by atoms with Crippen molar-refractivity contribution in [1.29, 1.82) is 0 Å². The standard InChI is InChI=1S/C32H36ClN5O6S2.C25H30ClN5O4S/c1-20-5-11-26(12-6-20)46(40,41)44-18-17-43-16-15-42-14-13-34-28(39)19-27-31-37-36-23(4)38(31)32-29(21(2)22(3)45-32)30(35-27)24-7-9-25(33)10-8-24;1-15-16(2)36-25-22(15)23(18-4-6-19(26)7-5-18)28-20(24-30-29-17(3)31(24)25)14-21(33)27-8-10-34-12-13-35-11-9-32/h5-12,27H,13-19H2,1-4H3,(H,34,39);4-7,20,32H,8-14H2,1-3H3,(H,27,33)/t27-;20-/m00/s1. The number of halogens is 2. The number of carbonyl (C=O) groups excluding carboxylic acids is 2. The molecule has 2 aliphatic rings. The minimum atomic E-state index is -3.82. The van der Waals surface area contributed by atoms with E-state index in [1.165, 1.54) is 21.9 Å². The van der Waals surface area contributed by atoms with Crippen molar-refractivity contribution in [3.8, 4) is 10.0 Å². The number of hydrogen-bond donors (Lipinski definition) is 3. The SMILES string of the molecule is Cc1ccc(S(=O)(=O)OCCOCCOCCNC(=O)C[C@@H]2N=C(c3ccc(Cl)cc3)c3c(sc(C)c3C)-n3c(C)nnc32)cc1.Cc1sc2c(c1C)C(c1ccc(Cl)cc1)=N[C@@H](CC(=O)NCCOCCOCCO)c1nnc(C)n1-2. The highest BCUT2D eigenvalue weighted by molar-refractivity contribution is 7.86. The predicted octanol–water partition coefficient (Wildman–Crippen LogP) is 8.38. The Morgan fingerprint density at radius 1 is 0.561 bits per heavy atom. The molecule has 82 heavy (non-hydrogen) atoms. The van der Waals surface area contributed by atoms with E-state index in [0.717, 1.165) is 72.0 Å². The van der Waals surface area contributed by atoms with E-state index in [2.05, 4.69) is 58.7 Å². The zero-order valence-electron chi connectivity index (χ0n) is 46.7. The van der Waals surface area contributed by atoms with Crippen molar-refractivity contribution in [2.75, 3.05) is 79.2 Å². The molecule has 9 rings (SSSR count). The molecule has 7 aromatic rings. The molecule has 0 fully saturated rings. The Kier molecular flexibility index (Phi) is 21.9. The van der Waals surface area contributed by atoms with Gasteiger partial charge in [-0.25, -0.2) is 0 Å². The third kappa shape index (κ3) is 15.4. The average Bonchev–Trinajstić information content (AvgIpc) is 4.20. The summed E-state index contributed by atoms with van der Waals surface area (Å²) in [5, 5.41) is 35.3. The van der Waals surface area contributed by atoms with Crippen LogP contribution >= 0.6 is 45.9 Å². The molecule has 436 valence electrons. The summed E-state index contributed by atoms with van der Waals surface area (Å²) in [4.78, 5) is 38.6. The van der Waals surface area contributed by atoms with E-state index in [4.69, 9.17) is 61.4 Å². The fourth-order valence-corrected chi connectivity index (χ4v) is 12.5. The van der Waals surface area contributed by atoms with Crippen molar-refractivity contribution < 1.29 is 46.2 Å². The number of thiophene rings is 2. The average molecular weight is 1220 g/mol. The number of aliphatic imine (C=N–C) groups is 2. The first kappa shape index (κ1) is 62.0. The van der Waals surface area contributed by atoms with Gasteiger partial charge in [-0.05, 0) is 96.0 Å². The van der Waals surface area contributed by atoms with Crippen LogP contribution < -0.4 is 10.6 Å². The number of aromatic nitrogens is 6. The van der Waals surface area contributed by atoms with Gasteiger partial charge in [0.2, 0.25) is 11.8 Å². The summed E-state index contributed by atoms with van der Waals surface area (Å²) in [6, 6.07) is 20.5. The molecule has 2 amide bonds. The summed E-state index contributed by atoms with van der Waals surface area (Å²) >= 11 is 15.7. The van der Waals surface area contributed by atoms with E-state index >= 15 is 0 Å². The second-order valence-corrected chi connectivity index (χ2v) is 24.1. The third-order valence-electron chi connectivity index (χ3n) is 13.4. The Balaban J connectivity index is 0.000000221. The van der Waals surface area contributed by atoms with Crippen LogP contribution in [0.15, 0.2) is 87.7 Å². The molecule has 2 aliphatic heterocycles. The van der Waals surface area contributed by atoms with Gasteiger partial charge in [0.05, 0.1) is 95.2 Å². The molecule has 0 saturated carbocycles. The fourth-order valence-electron chi connectivity index (χ4n) is 8.97. The number of amides is 2. The molecule has 0 saturated heterocycles. The summed E-state index contributed by atoms with van der Waals surface area (Å²) in [6.07, 6.45) is 0.207. The molecule has 6 heterocycles. The molecule has 0 aliphatic carbocycles. The molecule has 25 heteroatoms. The number of aliphatic hydroxyl groups excluding tert-OH is 1. The summed E-state index contributed by atoms with van der Waals surface area (Å²) in [5.74, 6) is 2.40. The van der Waals surface area contributed by atoms with Gasteiger partial charge in [-0.15, -0.1) is 43.1 Å². The minimum absolute atomic E-state index is 0.0145. The number of carbonyl (C=O) groups is 2. The zero-order valence-corrected chi connectivity index (χ0v) is 50.6. The molecule has 2 atom stereocenters. The first-order chi connectivity index (χ1) is 39.4. The molecule has 20 nitrogen and oxygen atoms in total. The number of hydrogen-bond acceptors (Lipinski definition) is 18. The number of benzene rings is 3. The van der Waals surface area contributed by atoms with Gasteiger partial charge < -0.3 is 34.7 Å². The number of aliphatic hydroxyl groups is 1. The van der Waals surface area contributed by atoms with Crippen molar-refractivity contribution in [3.63, 3.8) is 0 Å². The van der Waals surface area contributed by atoms with E-state index in [1.807, 2.05) is 78.4 Å². The van der Waals surface area contributed by atoms with Gasteiger partial charge in [-0.2, -0.15) is 8.42 Å². The van der Waals surface area contributed by atoms with Crippen molar-refractivity contribution in [3.05, 3.63) is 155 Å². The minimum Gasteiger partial charge on any atom is -0.394 e. The lowest BCUT2D eigenvalue weighted by molar-refractivity contribution is -0.122. The molecule has 0 bridgehead atoms. The third-order valence-corrected chi connectivity index (χ3v) is 17.6. The van der Waals surface area contributed by atoms with Crippen molar-refractivity contribution in [2.45, 2.75) is 78.3 Å². The van der Waals surface area contributed by atoms with Crippen LogP contribution in [0.4, 0.5) is 0 Å². The second-order valence-electron chi connectivity index (χ2n) is 19.2. The van der Waals surface area contributed by atoms with Crippen molar-refractivity contribution >= 4 is 79.2 Å². The maximum atomic E-state index is 13.1. The van der Waals surface area contributed by atoms with E-state index in [-0.39, 0.29) is 75.8 Å². The Labute approximate surface area is 495 Å². The van der Waals surface area contributed by atoms with Crippen LogP contribution in [0.25, 0.3) is 10.0 Å². The van der Waals surface area contributed by atoms with E-state index in [9.17, 15) is 18.0 Å². The van der Waals surface area contributed by atoms with Crippen LogP contribution in [0.1, 0.15) is 96.9 Å². The van der Waals surface area contributed by atoms with Crippen molar-refractivity contribution in [2.24, 2.45) is 9.98 Å². The van der Waals surface area contributed by atoms with Crippen LogP contribution in [0.5, 0.6) is 0 Å². The maximum absolute atomic E-state index is 13.1. The topological polar surface area (TPSA) is 245 Å². The molecule has 3 N–H and O–H groups in total. The van der Waals surface area contributed by atoms with Crippen LogP contribution in [-0.4, -0.2) is 145 Å². The number of fused-ring (bicyclic) bond motifs is 6. The summed E-state index contributed by atoms with van der Waals surface area (Å²) < 4.78 is 55.1. The molecular weight excluding hydrogens is 1150 g/mol. The van der Waals surface area contributed by atoms with Crippen LogP contribution in [0.3, 0.4) is 0 Å². The van der Waals surface area contributed by atoms with E-state index in [1.54, 1.807) is 34.8 Å². The number of aryl methyl sites for hydroxylation is 5. The van der Waals surface area contributed by atoms with E-state index < -0.39 is 22.2 Å². The number of nitrogens with one attached hydrogen (secondary N) is 2.